The lowest BCUT2D eigenvalue weighted by Gasteiger charge is -2.24. The molecule has 0 spiro atoms. The number of thiazole rings is 1. The standard InChI is InChI=1S/C21H21FN2O3S/c1-12-5-10-17(27-12)21-23-13(2)19(28-21)20(25)24-18(16-4-3-11-26-16)14-6-8-15(22)9-7-14/h5-10,16,18H,3-4,11H2,1-2H3,(H,24,25)/t16-,18-/m0/s1. The number of hydrogen-bond donors (Lipinski definition) is 1. The summed E-state index contributed by atoms with van der Waals surface area (Å²) in [5, 5.41) is 3.75. The van der Waals surface area contributed by atoms with Gasteiger partial charge < -0.3 is 14.5 Å². The van der Waals surface area contributed by atoms with E-state index in [-0.39, 0.29) is 23.9 Å². The van der Waals surface area contributed by atoms with E-state index in [1.165, 1.54) is 23.5 Å². The average molecular weight is 400 g/mol. The van der Waals surface area contributed by atoms with E-state index in [2.05, 4.69) is 10.3 Å². The van der Waals surface area contributed by atoms with Crippen molar-refractivity contribution < 1.29 is 18.3 Å². The van der Waals surface area contributed by atoms with Crippen molar-refractivity contribution in [1.82, 2.24) is 10.3 Å². The highest BCUT2D eigenvalue weighted by Crippen LogP contribution is 2.31. The molecule has 0 bridgehead atoms. The molecule has 1 amide bonds. The van der Waals surface area contributed by atoms with Crippen LogP contribution in [0.2, 0.25) is 0 Å². The number of furan rings is 1. The van der Waals surface area contributed by atoms with Gasteiger partial charge in [0.05, 0.1) is 17.8 Å². The van der Waals surface area contributed by atoms with Crippen LogP contribution in [0.25, 0.3) is 10.8 Å². The lowest BCUT2D eigenvalue weighted by Crippen LogP contribution is -2.36. The van der Waals surface area contributed by atoms with Crippen LogP contribution in [0.3, 0.4) is 0 Å². The van der Waals surface area contributed by atoms with Gasteiger partial charge in [0.15, 0.2) is 10.8 Å². The van der Waals surface area contributed by atoms with Crippen molar-refractivity contribution in [3.05, 3.63) is 64.1 Å². The molecule has 0 saturated carbocycles. The smallest absolute Gasteiger partial charge is 0.263 e. The number of rotatable bonds is 5. The van der Waals surface area contributed by atoms with Gasteiger partial charge in [-0.2, -0.15) is 0 Å². The number of carbonyl (C=O) groups is 1. The van der Waals surface area contributed by atoms with Crippen molar-refractivity contribution in [2.45, 2.75) is 38.8 Å². The van der Waals surface area contributed by atoms with Gasteiger partial charge in [0, 0.05) is 6.61 Å². The van der Waals surface area contributed by atoms with Crippen LogP contribution in [0.15, 0.2) is 40.8 Å². The number of aromatic nitrogens is 1. The Morgan fingerprint density at radius 2 is 2.04 bits per heavy atom. The summed E-state index contributed by atoms with van der Waals surface area (Å²) in [7, 11) is 0. The maximum Gasteiger partial charge on any atom is 0.263 e. The van der Waals surface area contributed by atoms with E-state index in [9.17, 15) is 9.18 Å². The normalized spacial score (nSPS) is 17.6. The first-order valence-corrected chi connectivity index (χ1v) is 10.0. The second kappa shape index (κ2) is 7.85. The topological polar surface area (TPSA) is 64.4 Å². The molecule has 5 nitrogen and oxygen atoms in total. The van der Waals surface area contributed by atoms with Crippen molar-refractivity contribution in [3.8, 4) is 10.8 Å². The van der Waals surface area contributed by atoms with E-state index < -0.39 is 0 Å². The van der Waals surface area contributed by atoms with Gasteiger partial charge in [-0.05, 0) is 56.5 Å². The third-order valence-electron chi connectivity index (χ3n) is 4.81. The van der Waals surface area contributed by atoms with E-state index in [1.54, 1.807) is 12.1 Å². The average Bonchev–Trinajstić information content (AvgIpc) is 3.41. The highest BCUT2D eigenvalue weighted by molar-refractivity contribution is 7.17. The van der Waals surface area contributed by atoms with Crippen LogP contribution >= 0.6 is 11.3 Å². The second-order valence-corrected chi connectivity index (χ2v) is 7.90. The summed E-state index contributed by atoms with van der Waals surface area (Å²) in [4.78, 5) is 18.0. The van der Waals surface area contributed by atoms with Crippen molar-refractivity contribution >= 4 is 17.2 Å². The number of halogens is 1. The Hall–Kier alpha value is -2.51. The second-order valence-electron chi connectivity index (χ2n) is 6.90. The number of carbonyl (C=O) groups excluding carboxylic acids is 1. The van der Waals surface area contributed by atoms with Crippen molar-refractivity contribution in [2.75, 3.05) is 6.61 Å². The fraction of sp³-hybridized carbons (Fsp3) is 0.333. The molecule has 2 aromatic heterocycles. The summed E-state index contributed by atoms with van der Waals surface area (Å²) >= 11 is 1.30. The largest absolute Gasteiger partial charge is 0.459 e. The molecule has 1 aliphatic rings. The van der Waals surface area contributed by atoms with Crippen LogP contribution in [0, 0.1) is 19.7 Å². The number of benzene rings is 1. The Kier molecular flexibility index (Phi) is 5.28. The van der Waals surface area contributed by atoms with Gasteiger partial charge in [0.1, 0.15) is 16.5 Å². The third kappa shape index (κ3) is 3.86. The first-order valence-electron chi connectivity index (χ1n) is 9.23. The van der Waals surface area contributed by atoms with Gasteiger partial charge in [-0.25, -0.2) is 9.37 Å². The SMILES string of the molecule is Cc1ccc(-c2nc(C)c(C(=O)N[C@@H](c3ccc(F)cc3)[C@@H]3CCCO3)s2)o1. The Balaban J connectivity index is 1.59. The fourth-order valence-electron chi connectivity index (χ4n) is 3.40. The molecule has 28 heavy (non-hydrogen) atoms. The number of ether oxygens (including phenoxy) is 1. The molecule has 1 aromatic carbocycles. The van der Waals surface area contributed by atoms with Gasteiger partial charge in [0.2, 0.25) is 0 Å². The molecule has 0 unspecified atom stereocenters. The molecule has 3 aromatic rings. The maximum atomic E-state index is 13.3. The fourth-order valence-corrected chi connectivity index (χ4v) is 4.33. The lowest BCUT2D eigenvalue weighted by molar-refractivity contribution is 0.0674. The molecule has 0 aliphatic carbocycles. The number of aryl methyl sites for hydroxylation is 2. The zero-order valence-electron chi connectivity index (χ0n) is 15.7. The molecule has 146 valence electrons. The van der Waals surface area contributed by atoms with Crippen LogP contribution < -0.4 is 5.32 Å². The zero-order chi connectivity index (χ0) is 19.7. The Labute approximate surface area is 166 Å². The molecular weight excluding hydrogens is 379 g/mol. The number of amides is 1. The van der Waals surface area contributed by atoms with E-state index in [4.69, 9.17) is 9.15 Å². The first kappa shape index (κ1) is 18.8. The van der Waals surface area contributed by atoms with Gasteiger partial charge in [-0.3, -0.25) is 4.79 Å². The lowest BCUT2D eigenvalue weighted by atomic mass is 9.99. The minimum Gasteiger partial charge on any atom is -0.459 e. The van der Waals surface area contributed by atoms with E-state index in [1.807, 2.05) is 26.0 Å². The molecule has 2 atom stereocenters. The molecule has 7 heteroatoms. The minimum absolute atomic E-state index is 0.130. The quantitative estimate of drug-likeness (QED) is 0.668. The molecule has 1 fully saturated rings. The number of hydrogen-bond acceptors (Lipinski definition) is 5. The van der Waals surface area contributed by atoms with Gasteiger partial charge in [0.25, 0.3) is 5.91 Å². The summed E-state index contributed by atoms with van der Waals surface area (Å²) in [5.74, 6) is 0.926. The van der Waals surface area contributed by atoms with Gasteiger partial charge >= 0.3 is 0 Å². The highest BCUT2D eigenvalue weighted by atomic mass is 32.1. The minimum atomic E-state index is -0.341. The van der Waals surface area contributed by atoms with Crippen molar-refractivity contribution in [3.63, 3.8) is 0 Å². The van der Waals surface area contributed by atoms with Crippen molar-refractivity contribution in [2.24, 2.45) is 0 Å². The van der Waals surface area contributed by atoms with Crippen LogP contribution in [0.1, 0.15) is 45.6 Å². The predicted octanol–water partition coefficient (Wildman–Crippen LogP) is 4.81. The summed E-state index contributed by atoms with van der Waals surface area (Å²) in [6.07, 6.45) is 1.66. The molecule has 4 rings (SSSR count). The Bertz CT molecular complexity index is 974. The molecular formula is C21H21FN2O3S. The van der Waals surface area contributed by atoms with E-state index >= 15 is 0 Å². The molecule has 0 radical (unpaired) electrons. The molecule has 1 N–H and O–H groups in total. The predicted molar refractivity (Wildman–Crippen MR) is 105 cm³/mol. The number of nitrogens with one attached hydrogen (secondary N) is 1. The molecule has 1 saturated heterocycles. The van der Waals surface area contributed by atoms with Gasteiger partial charge in [-0.1, -0.05) is 12.1 Å². The van der Waals surface area contributed by atoms with Gasteiger partial charge in [-0.15, -0.1) is 11.3 Å². The third-order valence-corrected chi connectivity index (χ3v) is 5.98. The summed E-state index contributed by atoms with van der Waals surface area (Å²) in [6.45, 7) is 4.34. The number of nitrogens with zero attached hydrogens (tertiary/aromatic N) is 1. The molecule has 1 aliphatic heterocycles. The summed E-state index contributed by atoms with van der Waals surface area (Å²) in [5.41, 5.74) is 1.47. The van der Waals surface area contributed by atoms with Crippen LogP contribution in [-0.4, -0.2) is 23.6 Å². The monoisotopic (exact) mass is 400 g/mol. The molecule has 3 heterocycles. The highest BCUT2D eigenvalue weighted by Gasteiger charge is 2.30. The Morgan fingerprint density at radius 1 is 1.25 bits per heavy atom. The van der Waals surface area contributed by atoms with E-state index in [0.717, 1.165) is 24.2 Å². The summed E-state index contributed by atoms with van der Waals surface area (Å²) < 4.78 is 24.8. The van der Waals surface area contributed by atoms with Crippen molar-refractivity contribution in [1.29, 1.82) is 0 Å². The maximum absolute atomic E-state index is 13.3. The zero-order valence-corrected chi connectivity index (χ0v) is 16.5. The first-order chi connectivity index (χ1) is 13.5. The van der Waals surface area contributed by atoms with Crippen LogP contribution in [-0.2, 0) is 4.74 Å². The van der Waals surface area contributed by atoms with Crippen LogP contribution in [0.5, 0.6) is 0 Å². The van der Waals surface area contributed by atoms with Crippen LogP contribution in [0.4, 0.5) is 4.39 Å². The Morgan fingerprint density at radius 3 is 2.68 bits per heavy atom. The summed E-state index contributed by atoms with van der Waals surface area (Å²) in [6, 6.07) is 9.57. The van der Waals surface area contributed by atoms with E-state index in [0.29, 0.717) is 27.9 Å².